The number of hydrogen-bond acceptors (Lipinski definition) is 4. The predicted molar refractivity (Wildman–Crippen MR) is 119 cm³/mol. The molecule has 0 atom stereocenters. The van der Waals surface area contributed by atoms with Crippen LogP contribution in [0.25, 0.3) is 32.9 Å². The van der Waals surface area contributed by atoms with Crippen LogP contribution in [-0.4, -0.2) is 59.3 Å². The number of H-pyrrole nitrogens is 2. The quantitative estimate of drug-likeness (QED) is 0.333. The first-order valence-corrected chi connectivity index (χ1v) is 9.94. The Morgan fingerprint density at radius 2 is 1.62 bits per heavy atom. The molecule has 2 aromatic carbocycles. The third-order valence-corrected chi connectivity index (χ3v) is 5.56. The first kappa shape index (κ1) is 19.4. The molecule has 6 heteroatoms. The molecule has 0 aliphatic heterocycles. The molecule has 0 aliphatic rings. The highest BCUT2D eigenvalue weighted by molar-refractivity contribution is 6.04. The van der Waals surface area contributed by atoms with Crippen molar-refractivity contribution in [1.82, 2.24) is 20.2 Å². The van der Waals surface area contributed by atoms with Crippen LogP contribution in [0.3, 0.4) is 0 Å². The van der Waals surface area contributed by atoms with Crippen LogP contribution >= 0.6 is 0 Å². The van der Waals surface area contributed by atoms with Crippen LogP contribution in [0.5, 0.6) is 11.5 Å². The second-order valence-corrected chi connectivity index (χ2v) is 7.80. The number of phenols is 2. The van der Waals surface area contributed by atoms with Crippen molar-refractivity contribution in [3.63, 3.8) is 0 Å². The molecule has 0 saturated heterocycles. The van der Waals surface area contributed by atoms with Crippen LogP contribution in [0.15, 0.2) is 36.7 Å². The standard InChI is InChI=1S/C23H28N4O2/c1-24-10-8-14-13-26-22-16(5-7-19(28)21(14)22)17-4-6-18-20(23(17)29)15(12-25-18)9-11-27(2)3/h4-7,12-13,24-26,28-29H,8-11H2,1-3H3. The highest BCUT2D eigenvalue weighted by Crippen LogP contribution is 2.42. The number of nitrogens with zero attached hydrogens (tertiary/aromatic N) is 1. The Balaban J connectivity index is 1.85. The molecule has 2 aromatic heterocycles. The first-order valence-electron chi connectivity index (χ1n) is 9.94. The summed E-state index contributed by atoms with van der Waals surface area (Å²) in [7, 11) is 6.01. The van der Waals surface area contributed by atoms with Gasteiger partial charge in [-0.2, -0.15) is 0 Å². The van der Waals surface area contributed by atoms with Crippen LogP contribution in [0, 0.1) is 0 Å². The Hall–Kier alpha value is -2.96. The minimum absolute atomic E-state index is 0.255. The molecular formula is C23H28N4O2. The number of aromatic hydroxyl groups is 2. The van der Waals surface area contributed by atoms with E-state index in [1.807, 2.05) is 51.7 Å². The van der Waals surface area contributed by atoms with Gasteiger partial charge in [0.1, 0.15) is 11.5 Å². The number of nitrogens with one attached hydrogen (secondary N) is 3. The molecule has 4 aromatic rings. The minimum Gasteiger partial charge on any atom is -0.507 e. The largest absolute Gasteiger partial charge is 0.507 e. The van der Waals surface area contributed by atoms with Crippen molar-refractivity contribution in [3.8, 4) is 22.6 Å². The van der Waals surface area contributed by atoms with Gasteiger partial charge in [0.2, 0.25) is 0 Å². The molecule has 6 nitrogen and oxygen atoms in total. The molecule has 152 valence electrons. The molecule has 5 N–H and O–H groups in total. The number of phenolic OH excluding ortho intramolecular Hbond substituents is 2. The molecule has 29 heavy (non-hydrogen) atoms. The van der Waals surface area contributed by atoms with Crippen molar-refractivity contribution in [2.45, 2.75) is 12.8 Å². The van der Waals surface area contributed by atoms with Gasteiger partial charge in [-0.05, 0) is 75.9 Å². The molecule has 2 heterocycles. The molecule has 0 amide bonds. The summed E-state index contributed by atoms with van der Waals surface area (Å²) in [5.41, 5.74) is 5.57. The van der Waals surface area contributed by atoms with E-state index < -0.39 is 0 Å². The Bertz CT molecular complexity index is 1160. The average Bonchev–Trinajstić information content (AvgIpc) is 3.31. The number of likely N-dealkylation sites (N-methyl/N-ethyl adjacent to an activating group) is 2. The fourth-order valence-corrected chi connectivity index (χ4v) is 4.01. The van der Waals surface area contributed by atoms with Crippen LogP contribution in [-0.2, 0) is 12.8 Å². The molecule has 0 radical (unpaired) electrons. The van der Waals surface area contributed by atoms with Gasteiger partial charge in [0, 0.05) is 46.4 Å². The Kier molecular flexibility index (Phi) is 5.22. The van der Waals surface area contributed by atoms with Crippen molar-refractivity contribution >= 4 is 21.8 Å². The van der Waals surface area contributed by atoms with Crippen molar-refractivity contribution < 1.29 is 10.2 Å². The number of fused-ring (bicyclic) bond motifs is 2. The SMILES string of the molecule is CNCCc1c[nH]c2c(-c3ccc4[nH]cc(CCN(C)C)c4c3O)ccc(O)c12. The maximum atomic E-state index is 11.2. The van der Waals surface area contributed by atoms with Crippen molar-refractivity contribution in [1.29, 1.82) is 0 Å². The van der Waals surface area contributed by atoms with Crippen molar-refractivity contribution in [2.24, 2.45) is 0 Å². The highest BCUT2D eigenvalue weighted by atomic mass is 16.3. The van der Waals surface area contributed by atoms with E-state index in [4.69, 9.17) is 0 Å². The maximum Gasteiger partial charge on any atom is 0.133 e. The predicted octanol–water partition coefficient (Wildman–Crippen LogP) is 3.59. The zero-order valence-corrected chi connectivity index (χ0v) is 17.1. The lowest BCUT2D eigenvalue weighted by molar-refractivity contribution is 0.414. The third kappa shape index (κ3) is 3.45. The molecule has 4 rings (SSSR count). The fraction of sp³-hybridized carbons (Fsp3) is 0.304. The zero-order chi connectivity index (χ0) is 20.5. The molecule has 0 saturated carbocycles. The molecule has 0 aliphatic carbocycles. The number of benzene rings is 2. The van der Waals surface area contributed by atoms with Gasteiger partial charge in [0.15, 0.2) is 0 Å². The minimum atomic E-state index is 0.255. The van der Waals surface area contributed by atoms with E-state index in [1.54, 1.807) is 6.07 Å². The zero-order valence-electron chi connectivity index (χ0n) is 17.1. The average molecular weight is 393 g/mol. The normalized spacial score (nSPS) is 11.9. The number of aromatic nitrogens is 2. The van der Waals surface area contributed by atoms with Gasteiger partial charge in [-0.15, -0.1) is 0 Å². The van der Waals surface area contributed by atoms with E-state index in [0.29, 0.717) is 0 Å². The van der Waals surface area contributed by atoms with E-state index in [1.165, 1.54) is 0 Å². The van der Waals surface area contributed by atoms with Gasteiger partial charge in [0.05, 0.1) is 5.52 Å². The molecule has 0 fully saturated rings. The summed E-state index contributed by atoms with van der Waals surface area (Å²) in [5.74, 6) is 0.529. The highest BCUT2D eigenvalue weighted by Gasteiger charge is 2.18. The number of hydrogen-bond donors (Lipinski definition) is 5. The van der Waals surface area contributed by atoms with Crippen LogP contribution < -0.4 is 5.32 Å². The summed E-state index contributed by atoms with van der Waals surface area (Å²) in [6.07, 6.45) is 5.59. The number of rotatable bonds is 7. The summed E-state index contributed by atoms with van der Waals surface area (Å²) in [5, 5.41) is 26.5. The van der Waals surface area contributed by atoms with Gasteiger partial charge < -0.3 is 30.4 Å². The summed E-state index contributed by atoms with van der Waals surface area (Å²) in [6.45, 7) is 1.73. The fourth-order valence-electron chi connectivity index (χ4n) is 4.01. The van der Waals surface area contributed by atoms with E-state index in [0.717, 1.165) is 70.0 Å². The summed E-state index contributed by atoms with van der Waals surface area (Å²) < 4.78 is 0. The lowest BCUT2D eigenvalue weighted by atomic mass is 9.97. The van der Waals surface area contributed by atoms with E-state index in [-0.39, 0.29) is 11.5 Å². The Labute approximate surface area is 170 Å². The lowest BCUT2D eigenvalue weighted by Gasteiger charge is -2.12. The Morgan fingerprint density at radius 3 is 2.38 bits per heavy atom. The topological polar surface area (TPSA) is 87.3 Å². The molecular weight excluding hydrogens is 364 g/mol. The summed E-state index contributed by atoms with van der Waals surface area (Å²) in [4.78, 5) is 8.72. The smallest absolute Gasteiger partial charge is 0.133 e. The molecule has 0 bridgehead atoms. The van der Waals surface area contributed by atoms with Crippen molar-refractivity contribution in [2.75, 3.05) is 34.2 Å². The van der Waals surface area contributed by atoms with E-state index >= 15 is 0 Å². The maximum absolute atomic E-state index is 11.2. The lowest BCUT2D eigenvalue weighted by Crippen LogP contribution is -2.14. The van der Waals surface area contributed by atoms with Gasteiger partial charge >= 0.3 is 0 Å². The molecule has 0 spiro atoms. The van der Waals surface area contributed by atoms with Gasteiger partial charge in [-0.25, -0.2) is 0 Å². The van der Waals surface area contributed by atoms with Gasteiger partial charge in [-0.3, -0.25) is 0 Å². The van der Waals surface area contributed by atoms with Crippen molar-refractivity contribution in [3.05, 3.63) is 47.8 Å². The van der Waals surface area contributed by atoms with E-state index in [9.17, 15) is 10.2 Å². The van der Waals surface area contributed by atoms with Gasteiger partial charge in [-0.1, -0.05) is 0 Å². The summed E-state index contributed by atoms with van der Waals surface area (Å²) >= 11 is 0. The van der Waals surface area contributed by atoms with Gasteiger partial charge in [0.25, 0.3) is 0 Å². The second kappa shape index (κ2) is 7.81. The third-order valence-electron chi connectivity index (χ3n) is 5.56. The van der Waals surface area contributed by atoms with Crippen LogP contribution in [0.1, 0.15) is 11.1 Å². The number of aromatic amines is 2. The van der Waals surface area contributed by atoms with Crippen LogP contribution in [0.4, 0.5) is 0 Å². The Morgan fingerprint density at radius 1 is 0.897 bits per heavy atom. The van der Waals surface area contributed by atoms with Crippen LogP contribution in [0.2, 0.25) is 0 Å². The first-order chi connectivity index (χ1) is 14.0. The second-order valence-electron chi connectivity index (χ2n) is 7.80. The molecule has 0 unspecified atom stereocenters. The monoisotopic (exact) mass is 392 g/mol. The van der Waals surface area contributed by atoms with E-state index in [2.05, 4.69) is 20.2 Å². The summed E-state index contributed by atoms with van der Waals surface area (Å²) in [6, 6.07) is 7.52.